The summed E-state index contributed by atoms with van der Waals surface area (Å²) in [6.45, 7) is 1.63. The Morgan fingerprint density at radius 2 is 1.58 bits per heavy atom. The molecule has 0 spiro atoms. The van der Waals surface area contributed by atoms with Crippen LogP contribution in [-0.4, -0.2) is 33.6 Å². The monoisotopic (exact) mass is 438 g/mol. The second-order valence-electron chi connectivity index (χ2n) is 5.65. The average Bonchev–Trinajstić information content (AvgIpc) is 2.59. The fourth-order valence-corrected chi connectivity index (χ4v) is 2.29. The molecule has 5 heteroatoms. The Balaban J connectivity index is 0.00000288. The quantitative estimate of drug-likeness (QED) is 0.413. The van der Waals surface area contributed by atoms with Gasteiger partial charge in [0.15, 0.2) is 5.96 Å². The van der Waals surface area contributed by atoms with Gasteiger partial charge in [-0.25, -0.2) is 0 Å². The molecule has 0 saturated heterocycles. The zero-order valence-electron chi connectivity index (χ0n) is 14.6. The number of hydrogen-bond acceptors (Lipinski definition) is 2. The van der Waals surface area contributed by atoms with E-state index in [0.29, 0.717) is 0 Å². The Morgan fingerprint density at radius 1 is 0.917 bits per heavy atom. The van der Waals surface area contributed by atoms with Crippen molar-refractivity contribution in [3.8, 4) is 0 Å². The van der Waals surface area contributed by atoms with Crippen LogP contribution in [0, 0.1) is 0 Å². The van der Waals surface area contributed by atoms with E-state index in [4.69, 9.17) is 0 Å². The van der Waals surface area contributed by atoms with Gasteiger partial charge in [0, 0.05) is 39.9 Å². The van der Waals surface area contributed by atoms with Crippen LogP contribution in [0.2, 0.25) is 0 Å². The normalized spacial score (nSPS) is 10.7. The lowest BCUT2D eigenvalue weighted by atomic mass is 10.1. The zero-order chi connectivity index (χ0) is 16.5. The molecule has 4 nitrogen and oxygen atoms in total. The smallest absolute Gasteiger partial charge is 0.191 e. The molecule has 130 valence electrons. The first-order valence-electron chi connectivity index (χ1n) is 7.94. The molecule has 24 heavy (non-hydrogen) atoms. The highest BCUT2D eigenvalue weighted by molar-refractivity contribution is 14.0. The van der Waals surface area contributed by atoms with Crippen molar-refractivity contribution in [1.29, 1.82) is 0 Å². The minimum atomic E-state index is 0. The van der Waals surface area contributed by atoms with E-state index < -0.39 is 0 Å². The highest BCUT2D eigenvalue weighted by Gasteiger charge is 1.99. The summed E-state index contributed by atoms with van der Waals surface area (Å²) in [5.74, 6) is 0.832. The fourth-order valence-electron chi connectivity index (χ4n) is 2.29. The average molecular weight is 438 g/mol. The molecular formula is C19H27IN4. The topological polar surface area (TPSA) is 39.7 Å². The van der Waals surface area contributed by atoms with E-state index in [2.05, 4.69) is 71.0 Å². The second-order valence-corrected chi connectivity index (χ2v) is 5.65. The van der Waals surface area contributed by atoms with Crippen molar-refractivity contribution in [2.45, 2.75) is 13.0 Å². The third kappa shape index (κ3) is 6.78. The van der Waals surface area contributed by atoms with Gasteiger partial charge in [-0.1, -0.05) is 42.5 Å². The Bertz CT molecular complexity index is 609. The van der Waals surface area contributed by atoms with Crippen LogP contribution in [0.4, 0.5) is 5.69 Å². The summed E-state index contributed by atoms with van der Waals surface area (Å²) in [6.07, 6.45) is 0.972. The van der Waals surface area contributed by atoms with Gasteiger partial charge in [0.25, 0.3) is 0 Å². The van der Waals surface area contributed by atoms with Crippen LogP contribution in [0.15, 0.2) is 59.6 Å². The van der Waals surface area contributed by atoms with Crippen molar-refractivity contribution < 1.29 is 0 Å². The number of nitrogens with one attached hydrogen (secondary N) is 2. The zero-order valence-corrected chi connectivity index (χ0v) is 17.0. The highest BCUT2D eigenvalue weighted by atomic mass is 127. The number of rotatable bonds is 6. The number of halogens is 1. The Hall–Kier alpha value is -1.76. The van der Waals surface area contributed by atoms with Gasteiger partial charge in [-0.3, -0.25) is 4.99 Å². The lowest BCUT2D eigenvalue weighted by Crippen LogP contribution is -2.37. The van der Waals surface area contributed by atoms with Crippen molar-refractivity contribution in [2.24, 2.45) is 4.99 Å². The summed E-state index contributed by atoms with van der Waals surface area (Å²) in [5.41, 5.74) is 3.79. The number of nitrogens with zero attached hydrogens (tertiary/aromatic N) is 2. The summed E-state index contributed by atoms with van der Waals surface area (Å²) in [5, 5.41) is 6.68. The van der Waals surface area contributed by atoms with Crippen LogP contribution < -0.4 is 15.5 Å². The number of guanidine groups is 1. The molecule has 0 aliphatic rings. The van der Waals surface area contributed by atoms with Gasteiger partial charge >= 0.3 is 0 Å². The third-order valence-electron chi connectivity index (χ3n) is 3.69. The van der Waals surface area contributed by atoms with Gasteiger partial charge in [-0.2, -0.15) is 0 Å². The van der Waals surface area contributed by atoms with Gasteiger partial charge in [0.05, 0.1) is 0 Å². The minimum Gasteiger partial charge on any atom is -0.378 e. The molecule has 0 aromatic heterocycles. The molecular weight excluding hydrogens is 411 g/mol. The van der Waals surface area contributed by atoms with Crippen LogP contribution in [0.1, 0.15) is 11.1 Å². The van der Waals surface area contributed by atoms with Crippen LogP contribution in [0.5, 0.6) is 0 Å². The lowest BCUT2D eigenvalue weighted by Gasteiger charge is -2.14. The van der Waals surface area contributed by atoms with E-state index in [-0.39, 0.29) is 24.0 Å². The molecule has 2 aromatic rings. The Kier molecular flexibility index (Phi) is 9.22. The van der Waals surface area contributed by atoms with E-state index in [1.54, 1.807) is 7.05 Å². The van der Waals surface area contributed by atoms with Crippen LogP contribution in [0.25, 0.3) is 0 Å². The molecule has 0 radical (unpaired) electrons. The highest BCUT2D eigenvalue weighted by Crippen LogP contribution is 2.12. The summed E-state index contributed by atoms with van der Waals surface area (Å²) in [6, 6.07) is 19.0. The molecule has 0 saturated carbocycles. The third-order valence-corrected chi connectivity index (χ3v) is 3.69. The number of benzene rings is 2. The Morgan fingerprint density at radius 3 is 2.17 bits per heavy atom. The minimum absolute atomic E-state index is 0. The van der Waals surface area contributed by atoms with Gasteiger partial charge in [-0.15, -0.1) is 24.0 Å². The molecule has 0 heterocycles. The molecule has 2 N–H and O–H groups in total. The van der Waals surface area contributed by atoms with Crippen molar-refractivity contribution in [3.05, 3.63) is 65.7 Å². The van der Waals surface area contributed by atoms with Gasteiger partial charge < -0.3 is 15.5 Å². The summed E-state index contributed by atoms with van der Waals surface area (Å²) in [4.78, 5) is 6.37. The van der Waals surface area contributed by atoms with Crippen molar-refractivity contribution >= 4 is 35.6 Å². The van der Waals surface area contributed by atoms with Gasteiger partial charge in [-0.05, 0) is 29.7 Å². The SMILES string of the molecule is CN=C(NCCc1ccc(N(C)C)cc1)NCc1ccccc1.I. The fraction of sp³-hybridized carbons (Fsp3) is 0.316. The van der Waals surface area contributed by atoms with Crippen molar-refractivity contribution in [2.75, 3.05) is 32.6 Å². The maximum atomic E-state index is 4.26. The summed E-state index contributed by atoms with van der Waals surface area (Å²) >= 11 is 0. The second kappa shape index (κ2) is 10.9. The Labute approximate surface area is 162 Å². The van der Waals surface area contributed by atoms with Gasteiger partial charge in [0.2, 0.25) is 0 Å². The molecule has 2 aromatic carbocycles. The van der Waals surface area contributed by atoms with Crippen LogP contribution in [-0.2, 0) is 13.0 Å². The van der Waals surface area contributed by atoms with E-state index in [0.717, 1.165) is 25.5 Å². The number of anilines is 1. The number of hydrogen-bond donors (Lipinski definition) is 2. The predicted molar refractivity (Wildman–Crippen MR) is 115 cm³/mol. The molecule has 0 amide bonds. The molecule has 0 aliphatic carbocycles. The molecule has 2 rings (SSSR count). The standard InChI is InChI=1S/C19H26N4.HI/c1-20-19(22-15-17-7-5-4-6-8-17)21-14-13-16-9-11-18(12-10-16)23(2)3;/h4-12H,13-15H2,1-3H3,(H2,20,21,22);1H. The van der Waals surface area contributed by atoms with Crippen molar-refractivity contribution in [1.82, 2.24) is 10.6 Å². The van der Waals surface area contributed by atoms with Crippen LogP contribution in [0.3, 0.4) is 0 Å². The molecule has 0 bridgehead atoms. The first kappa shape index (κ1) is 20.3. The number of aliphatic imine (C=N–C) groups is 1. The van der Waals surface area contributed by atoms with Crippen molar-refractivity contribution in [3.63, 3.8) is 0 Å². The molecule has 0 aliphatic heterocycles. The maximum absolute atomic E-state index is 4.26. The predicted octanol–water partition coefficient (Wildman–Crippen LogP) is 3.28. The lowest BCUT2D eigenvalue weighted by molar-refractivity contribution is 0.794. The van der Waals surface area contributed by atoms with Gasteiger partial charge in [0.1, 0.15) is 0 Å². The molecule has 0 atom stereocenters. The maximum Gasteiger partial charge on any atom is 0.191 e. The summed E-state index contributed by atoms with van der Waals surface area (Å²) in [7, 11) is 5.91. The van der Waals surface area contributed by atoms with Crippen LogP contribution >= 0.6 is 24.0 Å². The first-order chi connectivity index (χ1) is 11.2. The van der Waals surface area contributed by atoms with E-state index >= 15 is 0 Å². The van der Waals surface area contributed by atoms with E-state index in [9.17, 15) is 0 Å². The van der Waals surface area contributed by atoms with E-state index in [1.165, 1.54) is 16.8 Å². The largest absolute Gasteiger partial charge is 0.378 e. The first-order valence-corrected chi connectivity index (χ1v) is 7.94. The van der Waals surface area contributed by atoms with E-state index in [1.807, 2.05) is 18.2 Å². The molecule has 0 fully saturated rings. The molecule has 0 unspecified atom stereocenters. The summed E-state index contributed by atoms with van der Waals surface area (Å²) < 4.78 is 0.